The van der Waals surface area contributed by atoms with Gasteiger partial charge in [-0.2, -0.15) is 0 Å². The highest BCUT2D eigenvalue weighted by molar-refractivity contribution is 5.60. The van der Waals surface area contributed by atoms with Crippen molar-refractivity contribution in [3.05, 3.63) is 20.8 Å². The first-order valence-electron chi connectivity index (χ1n) is 6.34. The van der Waals surface area contributed by atoms with Crippen molar-refractivity contribution in [2.75, 3.05) is 38.2 Å². The lowest BCUT2D eigenvalue weighted by Gasteiger charge is -2.16. The van der Waals surface area contributed by atoms with Crippen LogP contribution in [0.15, 0.2) is 9.59 Å². The standard InChI is InChI=1S/C12H23N5O2/c1-8(2)7-17-10(13)9(11(18)15-12(17)19)14-5-6-16(3)4/h8,14H,5-7,13H2,1-4H3,(H,15,18,19). The second-order valence-corrected chi connectivity index (χ2v) is 5.25. The third-order valence-corrected chi connectivity index (χ3v) is 2.65. The van der Waals surface area contributed by atoms with E-state index in [2.05, 4.69) is 10.3 Å². The summed E-state index contributed by atoms with van der Waals surface area (Å²) in [5, 5.41) is 2.98. The minimum atomic E-state index is -0.471. The van der Waals surface area contributed by atoms with Crippen LogP contribution in [-0.4, -0.2) is 41.6 Å². The number of nitrogen functional groups attached to an aromatic ring is 1. The molecule has 1 heterocycles. The summed E-state index contributed by atoms with van der Waals surface area (Å²) in [5.74, 6) is 0.460. The van der Waals surface area contributed by atoms with Crippen molar-refractivity contribution in [2.45, 2.75) is 20.4 Å². The van der Waals surface area contributed by atoms with Gasteiger partial charge in [0.15, 0.2) is 0 Å². The maximum atomic E-state index is 11.7. The molecular formula is C12H23N5O2. The van der Waals surface area contributed by atoms with Crippen molar-refractivity contribution in [3.63, 3.8) is 0 Å². The minimum Gasteiger partial charge on any atom is -0.383 e. The summed E-state index contributed by atoms with van der Waals surface area (Å²) in [7, 11) is 3.88. The molecule has 7 nitrogen and oxygen atoms in total. The SMILES string of the molecule is CC(C)Cn1c(N)c(NCCN(C)C)c(=O)[nH]c1=O. The van der Waals surface area contributed by atoms with E-state index in [0.717, 1.165) is 6.54 Å². The fraction of sp³-hybridized carbons (Fsp3) is 0.667. The Morgan fingerprint density at radius 1 is 1.37 bits per heavy atom. The van der Waals surface area contributed by atoms with Gasteiger partial charge in [-0.3, -0.25) is 14.3 Å². The van der Waals surface area contributed by atoms with E-state index in [1.54, 1.807) is 0 Å². The van der Waals surface area contributed by atoms with E-state index in [1.165, 1.54) is 4.57 Å². The van der Waals surface area contributed by atoms with E-state index in [0.29, 0.717) is 13.1 Å². The second-order valence-electron chi connectivity index (χ2n) is 5.25. The Hall–Kier alpha value is -1.76. The summed E-state index contributed by atoms with van der Waals surface area (Å²) < 4.78 is 1.39. The fourth-order valence-corrected chi connectivity index (χ4v) is 1.71. The van der Waals surface area contributed by atoms with E-state index in [1.807, 2.05) is 32.8 Å². The molecule has 0 radical (unpaired) electrons. The molecule has 1 aromatic rings. The zero-order valence-electron chi connectivity index (χ0n) is 12.0. The number of likely N-dealkylation sites (N-methyl/N-ethyl adjacent to an activating group) is 1. The molecule has 1 rings (SSSR count). The minimum absolute atomic E-state index is 0.196. The molecule has 0 aliphatic carbocycles. The first-order chi connectivity index (χ1) is 8.82. The summed E-state index contributed by atoms with van der Waals surface area (Å²) in [6.45, 7) is 5.79. The van der Waals surface area contributed by atoms with Crippen LogP contribution in [0.5, 0.6) is 0 Å². The van der Waals surface area contributed by atoms with Crippen LogP contribution in [0.3, 0.4) is 0 Å². The maximum Gasteiger partial charge on any atom is 0.330 e. The van der Waals surface area contributed by atoms with Gasteiger partial charge in [0.25, 0.3) is 5.56 Å². The number of nitrogens with zero attached hydrogens (tertiary/aromatic N) is 2. The van der Waals surface area contributed by atoms with Crippen LogP contribution in [0, 0.1) is 5.92 Å². The summed E-state index contributed by atoms with van der Waals surface area (Å²) in [6, 6.07) is 0. The molecular weight excluding hydrogens is 246 g/mol. The number of nitrogens with two attached hydrogens (primary N) is 1. The van der Waals surface area contributed by atoms with E-state index in [-0.39, 0.29) is 17.4 Å². The van der Waals surface area contributed by atoms with Gasteiger partial charge in [0.1, 0.15) is 11.5 Å². The van der Waals surface area contributed by atoms with Crippen LogP contribution >= 0.6 is 0 Å². The number of aromatic nitrogens is 2. The molecule has 4 N–H and O–H groups in total. The van der Waals surface area contributed by atoms with E-state index >= 15 is 0 Å². The summed E-state index contributed by atoms with van der Waals surface area (Å²) in [4.78, 5) is 27.7. The molecule has 0 spiro atoms. The van der Waals surface area contributed by atoms with Gasteiger partial charge < -0.3 is 16.0 Å². The van der Waals surface area contributed by atoms with Gasteiger partial charge in [-0.1, -0.05) is 13.8 Å². The van der Waals surface area contributed by atoms with E-state index in [9.17, 15) is 9.59 Å². The zero-order valence-corrected chi connectivity index (χ0v) is 12.0. The zero-order chi connectivity index (χ0) is 14.6. The number of hydrogen-bond donors (Lipinski definition) is 3. The summed E-state index contributed by atoms with van der Waals surface area (Å²) in [5.41, 5.74) is 5.25. The molecule has 7 heteroatoms. The van der Waals surface area contributed by atoms with Crippen molar-refractivity contribution < 1.29 is 0 Å². The largest absolute Gasteiger partial charge is 0.383 e. The molecule has 0 aromatic carbocycles. The highest BCUT2D eigenvalue weighted by atomic mass is 16.2. The molecule has 0 atom stereocenters. The van der Waals surface area contributed by atoms with Crippen molar-refractivity contribution in [1.29, 1.82) is 0 Å². The van der Waals surface area contributed by atoms with Crippen LogP contribution in [0.2, 0.25) is 0 Å². The monoisotopic (exact) mass is 269 g/mol. The number of aromatic amines is 1. The smallest absolute Gasteiger partial charge is 0.330 e. The average molecular weight is 269 g/mol. The van der Waals surface area contributed by atoms with Crippen molar-refractivity contribution >= 4 is 11.5 Å². The lowest BCUT2D eigenvalue weighted by atomic mass is 10.2. The first kappa shape index (κ1) is 15.3. The lowest BCUT2D eigenvalue weighted by Crippen LogP contribution is -2.35. The quantitative estimate of drug-likeness (QED) is 0.661. The maximum absolute atomic E-state index is 11.7. The molecule has 19 heavy (non-hydrogen) atoms. The van der Waals surface area contributed by atoms with Gasteiger partial charge in [0.05, 0.1) is 0 Å². The van der Waals surface area contributed by atoms with E-state index in [4.69, 9.17) is 5.73 Å². The Balaban J connectivity index is 3.04. The molecule has 0 aliphatic heterocycles. The average Bonchev–Trinajstić information content (AvgIpc) is 2.28. The van der Waals surface area contributed by atoms with Crippen LogP contribution < -0.4 is 22.3 Å². The molecule has 0 saturated carbocycles. The second kappa shape index (κ2) is 6.42. The first-order valence-corrected chi connectivity index (χ1v) is 6.34. The molecule has 108 valence electrons. The Morgan fingerprint density at radius 2 is 2.00 bits per heavy atom. The van der Waals surface area contributed by atoms with Gasteiger partial charge in [-0.15, -0.1) is 0 Å². The number of H-pyrrole nitrogens is 1. The molecule has 0 saturated heterocycles. The number of nitrogens with one attached hydrogen (secondary N) is 2. The van der Waals surface area contributed by atoms with Gasteiger partial charge in [-0.05, 0) is 20.0 Å². The molecule has 0 fully saturated rings. The van der Waals surface area contributed by atoms with Gasteiger partial charge >= 0.3 is 5.69 Å². The number of anilines is 2. The van der Waals surface area contributed by atoms with Gasteiger partial charge in [-0.25, -0.2) is 4.79 Å². The normalized spacial score (nSPS) is 11.3. The molecule has 0 unspecified atom stereocenters. The Labute approximate surface area is 112 Å². The summed E-state index contributed by atoms with van der Waals surface area (Å²) in [6.07, 6.45) is 0. The van der Waals surface area contributed by atoms with Crippen LogP contribution in [-0.2, 0) is 6.54 Å². The topological polar surface area (TPSA) is 96.2 Å². The predicted molar refractivity (Wildman–Crippen MR) is 77.6 cm³/mol. The van der Waals surface area contributed by atoms with Gasteiger partial charge in [0, 0.05) is 19.6 Å². The Kier molecular flexibility index (Phi) is 5.17. The van der Waals surface area contributed by atoms with Crippen LogP contribution in [0.1, 0.15) is 13.8 Å². The Bertz CT molecular complexity index is 530. The van der Waals surface area contributed by atoms with Crippen molar-refractivity contribution in [1.82, 2.24) is 14.5 Å². The highest BCUT2D eigenvalue weighted by Gasteiger charge is 2.12. The highest BCUT2D eigenvalue weighted by Crippen LogP contribution is 2.11. The predicted octanol–water partition coefficient (Wildman–Crippen LogP) is -0.252. The number of hydrogen-bond acceptors (Lipinski definition) is 5. The number of rotatable bonds is 6. The van der Waals surface area contributed by atoms with E-state index < -0.39 is 11.2 Å². The van der Waals surface area contributed by atoms with Crippen molar-refractivity contribution in [2.24, 2.45) is 5.92 Å². The molecule has 0 amide bonds. The lowest BCUT2D eigenvalue weighted by molar-refractivity contribution is 0.425. The third kappa shape index (κ3) is 4.13. The van der Waals surface area contributed by atoms with Gasteiger partial charge in [0.2, 0.25) is 0 Å². The fourth-order valence-electron chi connectivity index (χ4n) is 1.71. The molecule has 0 aliphatic rings. The van der Waals surface area contributed by atoms with Crippen molar-refractivity contribution in [3.8, 4) is 0 Å². The third-order valence-electron chi connectivity index (χ3n) is 2.65. The van der Waals surface area contributed by atoms with Crippen LogP contribution in [0.25, 0.3) is 0 Å². The molecule has 1 aromatic heterocycles. The molecule has 0 bridgehead atoms. The summed E-state index contributed by atoms with van der Waals surface area (Å²) >= 11 is 0. The van der Waals surface area contributed by atoms with Crippen LogP contribution in [0.4, 0.5) is 11.5 Å². The Morgan fingerprint density at radius 3 is 2.53 bits per heavy atom.